The van der Waals surface area contributed by atoms with Crippen molar-refractivity contribution < 1.29 is 18.3 Å². The lowest BCUT2D eigenvalue weighted by molar-refractivity contribution is -0.0564. The molecular weight excluding hydrogens is 402 g/mol. The molecule has 2 aromatic heterocycles. The molecule has 0 aliphatic carbocycles. The quantitative estimate of drug-likeness (QED) is 0.660. The molecule has 8 heteroatoms. The molecule has 1 aromatic carbocycles. The van der Waals surface area contributed by atoms with E-state index in [-0.39, 0.29) is 18.9 Å². The van der Waals surface area contributed by atoms with Crippen molar-refractivity contribution in [1.82, 2.24) is 14.3 Å². The van der Waals surface area contributed by atoms with E-state index in [0.717, 1.165) is 11.2 Å². The van der Waals surface area contributed by atoms with Crippen LogP contribution in [0.3, 0.4) is 0 Å². The van der Waals surface area contributed by atoms with Gasteiger partial charge < -0.3 is 19.3 Å². The SMILES string of the molecule is N=C1C[C@H](c2cn3cccc3cn2)Oc2ccc(OCCN3CCC(F)(F)CC3)cc21. The number of hydrogen-bond acceptors (Lipinski definition) is 5. The molecule has 5 rings (SSSR count). The van der Waals surface area contributed by atoms with Crippen LogP contribution in [0.15, 0.2) is 48.9 Å². The summed E-state index contributed by atoms with van der Waals surface area (Å²) in [5, 5.41) is 8.51. The van der Waals surface area contributed by atoms with Crippen LogP contribution in [0.4, 0.5) is 8.78 Å². The van der Waals surface area contributed by atoms with E-state index in [0.29, 0.717) is 55.4 Å². The fourth-order valence-corrected chi connectivity index (χ4v) is 4.11. The molecule has 3 aromatic rings. The smallest absolute Gasteiger partial charge is 0.250 e. The van der Waals surface area contributed by atoms with Crippen LogP contribution < -0.4 is 9.47 Å². The first-order chi connectivity index (χ1) is 15.0. The van der Waals surface area contributed by atoms with Crippen LogP contribution in [0, 0.1) is 5.41 Å². The van der Waals surface area contributed by atoms with Crippen molar-refractivity contribution in [2.45, 2.75) is 31.3 Å². The maximum Gasteiger partial charge on any atom is 0.250 e. The highest BCUT2D eigenvalue weighted by atomic mass is 19.3. The average molecular weight is 426 g/mol. The van der Waals surface area contributed by atoms with Gasteiger partial charge in [0.05, 0.1) is 17.4 Å². The lowest BCUT2D eigenvalue weighted by Crippen LogP contribution is -2.41. The minimum Gasteiger partial charge on any atom is -0.492 e. The van der Waals surface area contributed by atoms with Crippen molar-refractivity contribution in [3.8, 4) is 11.5 Å². The minimum atomic E-state index is -2.53. The maximum absolute atomic E-state index is 13.3. The summed E-state index contributed by atoms with van der Waals surface area (Å²) < 4.78 is 40.5. The van der Waals surface area contributed by atoms with Crippen LogP contribution in [0.5, 0.6) is 11.5 Å². The van der Waals surface area contributed by atoms with Crippen molar-refractivity contribution >= 4 is 11.2 Å². The van der Waals surface area contributed by atoms with Gasteiger partial charge in [-0.1, -0.05) is 0 Å². The molecule has 0 bridgehead atoms. The predicted molar refractivity (Wildman–Crippen MR) is 113 cm³/mol. The number of rotatable bonds is 5. The number of likely N-dealkylation sites (tertiary alicyclic amines) is 1. The largest absolute Gasteiger partial charge is 0.492 e. The highest BCUT2D eigenvalue weighted by molar-refractivity contribution is 6.02. The Hall–Kier alpha value is -3.00. The maximum atomic E-state index is 13.3. The molecule has 1 N–H and O–H groups in total. The Morgan fingerprint density at radius 1 is 1.23 bits per heavy atom. The van der Waals surface area contributed by atoms with Gasteiger partial charge in [-0.2, -0.15) is 0 Å². The van der Waals surface area contributed by atoms with E-state index in [1.165, 1.54) is 0 Å². The van der Waals surface area contributed by atoms with E-state index >= 15 is 0 Å². The topological polar surface area (TPSA) is 62.9 Å². The molecule has 0 saturated carbocycles. The van der Waals surface area contributed by atoms with Crippen molar-refractivity contribution in [1.29, 1.82) is 5.41 Å². The molecule has 0 amide bonds. The van der Waals surface area contributed by atoms with Crippen LogP contribution in [-0.4, -0.2) is 52.2 Å². The predicted octanol–water partition coefficient (Wildman–Crippen LogP) is 4.34. The first-order valence-corrected chi connectivity index (χ1v) is 10.5. The third kappa shape index (κ3) is 4.25. The minimum absolute atomic E-state index is 0.0896. The Kier molecular flexibility index (Phi) is 5.09. The number of nitrogens with zero attached hydrogens (tertiary/aromatic N) is 3. The van der Waals surface area contributed by atoms with Crippen LogP contribution in [0.2, 0.25) is 0 Å². The lowest BCUT2D eigenvalue weighted by atomic mass is 9.98. The second kappa shape index (κ2) is 7.92. The Labute approximate surface area is 178 Å². The average Bonchev–Trinajstić information content (AvgIpc) is 3.23. The molecule has 0 unspecified atom stereocenters. The fraction of sp³-hybridized carbons (Fsp3) is 0.391. The Morgan fingerprint density at radius 2 is 2.06 bits per heavy atom. The molecule has 6 nitrogen and oxygen atoms in total. The number of aromatic nitrogens is 2. The van der Waals surface area contributed by atoms with E-state index in [2.05, 4.69) is 4.98 Å². The third-order valence-corrected chi connectivity index (χ3v) is 5.96. The first kappa shape index (κ1) is 19.9. The zero-order valence-electron chi connectivity index (χ0n) is 17.1. The molecule has 0 spiro atoms. The van der Waals surface area contributed by atoms with Gasteiger partial charge in [0.15, 0.2) is 0 Å². The van der Waals surface area contributed by atoms with Gasteiger partial charge in [0, 0.05) is 62.6 Å². The summed E-state index contributed by atoms with van der Waals surface area (Å²) in [7, 11) is 0. The zero-order valence-corrected chi connectivity index (χ0v) is 17.1. The Morgan fingerprint density at radius 3 is 2.90 bits per heavy atom. The van der Waals surface area contributed by atoms with Crippen molar-refractivity contribution in [2.24, 2.45) is 0 Å². The molecule has 0 radical (unpaired) electrons. The number of fused-ring (bicyclic) bond motifs is 2. The van der Waals surface area contributed by atoms with E-state index in [1.54, 1.807) is 6.20 Å². The number of hydrogen-bond donors (Lipinski definition) is 1. The zero-order chi connectivity index (χ0) is 21.4. The van der Waals surface area contributed by atoms with Gasteiger partial charge in [-0.3, -0.25) is 9.88 Å². The van der Waals surface area contributed by atoms with Gasteiger partial charge in [-0.05, 0) is 30.3 Å². The van der Waals surface area contributed by atoms with E-state index in [1.807, 2.05) is 52.0 Å². The normalized spacial score (nSPS) is 21.0. The van der Waals surface area contributed by atoms with Crippen molar-refractivity contribution in [3.63, 3.8) is 0 Å². The molecule has 31 heavy (non-hydrogen) atoms. The Balaban J connectivity index is 1.22. The van der Waals surface area contributed by atoms with E-state index < -0.39 is 5.92 Å². The van der Waals surface area contributed by atoms with Crippen LogP contribution >= 0.6 is 0 Å². The molecule has 2 aliphatic heterocycles. The number of ether oxygens (including phenoxy) is 2. The summed E-state index contributed by atoms with van der Waals surface area (Å²) >= 11 is 0. The molecule has 2 aliphatic rings. The van der Waals surface area contributed by atoms with Gasteiger partial charge in [0.1, 0.15) is 24.2 Å². The number of nitrogens with one attached hydrogen (secondary N) is 1. The summed E-state index contributed by atoms with van der Waals surface area (Å²) in [5.41, 5.74) is 2.99. The number of piperidine rings is 1. The van der Waals surface area contributed by atoms with Gasteiger partial charge in [0.25, 0.3) is 5.92 Å². The molecule has 4 heterocycles. The second-order valence-electron chi connectivity index (χ2n) is 8.15. The van der Waals surface area contributed by atoms with Crippen LogP contribution in [0.1, 0.15) is 36.6 Å². The summed E-state index contributed by atoms with van der Waals surface area (Å²) in [6.07, 6.45) is 5.64. The summed E-state index contributed by atoms with van der Waals surface area (Å²) in [6.45, 7) is 1.81. The van der Waals surface area contributed by atoms with E-state index in [9.17, 15) is 8.78 Å². The molecule has 1 atom stereocenters. The molecule has 1 fully saturated rings. The lowest BCUT2D eigenvalue weighted by Gasteiger charge is -2.31. The summed E-state index contributed by atoms with van der Waals surface area (Å²) in [6, 6.07) is 9.41. The van der Waals surface area contributed by atoms with Gasteiger partial charge in [-0.25, -0.2) is 8.78 Å². The second-order valence-corrected chi connectivity index (χ2v) is 8.15. The number of benzene rings is 1. The highest BCUT2D eigenvalue weighted by Gasteiger charge is 2.33. The van der Waals surface area contributed by atoms with Gasteiger partial charge in [-0.15, -0.1) is 0 Å². The fourth-order valence-electron chi connectivity index (χ4n) is 4.11. The van der Waals surface area contributed by atoms with Crippen LogP contribution in [0.25, 0.3) is 5.52 Å². The van der Waals surface area contributed by atoms with Crippen LogP contribution in [-0.2, 0) is 0 Å². The highest BCUT2D eigenvalue weighted by Crippen LogP contribution is 2.36. The standard InChI is InChI=1S/C23H24F2N4O2/c24-23(25)5-8-28(9-6-23)10-11-30-17-3-4-21-18(12-17)19(26)13-22(31-21)20-15-29-7-1-2-16(29)14-27-20/h1-4,7,12,14-15,22,26H,5-6,8-11,13H2/t22-/m1/s1. The summed E-state index contributed by atoms with van der Waals surface area (Å²) in [5.74, 6) is -1.24. The van der Waals surface area contributed by atoms with E-state index in [4.69, 9.17) is 14.9 Å². The molecular formula is C23H24F2N4O2. The Bertz CT molecular complexity index is 1100. The molecule has 1 saturated heterocycles. The molecule has 162 valence electrons. The summed E-state index contributed by atoms with van der Waals surface area (Å²) in [4.78, 5) is 6.50. The number of alkyl halides is 2. The van der Waals surface area contributed by atoms with Gasteiger partial charge >= 0.3 is 0 Å². The first-order valence-electron chi connectivity index (χ1n) is 10.5. The monoisotopic (exact) mass is 426 g/mol. The van der Waals surface area contributed by atoms with Crippen molar-refractivity contribution in [2.75, 3.05) is 26.2 Å². The number of halogens is 2. The third-order valence-electron chi connectivity index (χ3n) is 5.96. The van der Waals surface area contributed by atoms with Crippen molar-refractivity contribution in [3.05, 3.63) is 60.2 Å². The van der Waals surface area contributed by atoms with Gasteiger partial charge in [0.2, 0.25) is 0 Å².